The minimum Gasteiger partial charge on any atom is -0.476 e. The number of aromatic nitrogens is 1. The van der Waals surface area contributed by atoms with Gasteiger partial charge in [0.25, 0.3) is 0 Å². The second kappa shape index (κ2) is 7.41. The number of ether oxygens (including phenoxy) is 3. The van der Waals surface area contributed by atoms with E-state index in [0.29, 0.717) is 42.0 Å². The Bertz CT molecular complexity index is 382. The molecule has 1 rings (SSSR count). The van der Waals surface area contributed by atoms with E-state index in [9.17, 15) is 0 Å². The number of rotatable bonds is 7. The summed E-state index contributed by atoms with van der Waals surface area (Å²) in [6.07, 6.45) is 0.887. The molecule has 0 aliphatic carbocycles. The van der Waals surface area contributed by atoms with Crippen LogP contribution in [0.3, 0.4) is 0 Å². The highest BCUT2D eigenvalue weighted by Crippen LogP contribution is 2.35. The molecule has 18 heavy (non-hydrogen) atoms. The van der Waals surface area contributed by atoms with Crippen LogP contribution in [0.5, 0.6) is 5.88 Å². The summed E-state index contributed by atoms with van der Waals surface area (Å²) in [6.45, 7) is 7.07. The number of anilines is 1. The van der Waals surface area contributed by atoms with Crippen LogP contribution >= 0.6 is 11.6 Å². The Kier molecular flexibility index (Phi) is 6.18. The van der Waals surface area contributed by atoms with E-state index in [1.807, 2.05) is 20.8 Å². The first-order valence-corrected chi connectivity index (χ1v) is 6.33. The summed E-state index contributed by atoms with van der Waals surface area (Å²) in [5.41, 5.74) is 6.93. The number of nitrogen functional groups attached to an aromatic ring is 1. The zero-order chi connectivity index (χ0) is 13.5. The molecule has 0 amide bonds. The maximum absolute atomic E-state index is 6.11. The molecule has 6 heteroatoms. The third kappa shape index (κ3) is 3.48. The summed E-state index contributed by atoms with van der Waals surface area (Å²) < 4.78 is 16.3. The van der Waals surface area contributed by atoms with E-state index in [0.717, 1.165) is 0 Å². The van der Waals surface area contributed by atoms with Gasteiger partial charge < -0.3 is 19.9 Å². The van der Waals surface area contributed by atoms with Crippen LogP contribution in [0.2, 0.25) is 5.02 Å². The van der Waals surface area contributed by atoms with Crippen molar-refractivity contribution in [1.29, 1.82) is 0 Å². The smallest absolute Gasteiger partial charge is 0.237 e. The molecule has 1 aromatic rings. The monoisotopic (exact) mass is 274 g/mol. The van der Waals surface area contributed by atoms with Gasteiger partial charge in [0.2, 0.25) is 5.88 Å². The maximum Gasteiger partial charge on any atom is 0.237 e. The summed E-state index contributed by atoms with van der Waals surface area (Å²) in [7, 11) is 0. The lowest BCUT2D eigenvalue weighted by molar-refractivity contribution is -0.139. The van der Waals surface area contributed by atoms with Gasteiger partial charge in [0.15, 0.2) is 6.29 Å². The van der Waals surface area contributed by atoms with Crippen molar-refractivity contribution < 1.29 is 14.2 Å². The molecule has 0 unspecified atom stereocenters. The number of hydrogen-bond donors (Lipinski definition) is 1. The van der Waals surface area contributed by atoms with Crippen molar-refractivity contribution in [2.45, 2.75) is 27.1 Å². The molecule has 5 nitrogen and oxygen atoms in total. The maximum atomic E-state index is 6.11. The second-order valence-corrected chi connectivity index (χ2v) is 3.82. The van der Waals surface area contributed by atoms with Crippen LogP contribution in [0.15, 0.2) is 6.20 Å². The quantitative estimate of drug-likeness (QED) is 0.775. The third-order valence-electron chi connectivity index (χ3n) is 2.23. The Balaban J connectivity index is 3.13. The Morgan fingerprint density at radius 3 is 2.33 bits per heavy atom. The Labute approximate surface area is 112 Å². The molecule has 0 radical (unpaired) electrons. The van der Waals surface area contributed by atoms with E-state index in [1.54, 1.807) is 0 Å². The fraction of sp³-hybridized carbons (Fsp3) is 0.583. The van der Waals surface area contributed by atoms with Crippen molar-refractivity contribution in [3.8, 4) is 5.88 Å². The number of nitrogens with zero attached hydrogens (tertiary/aromatic N) is 1. The van der Waals surface area contributed by atoms with Gasteiger partial charge in [0, 0.05) is 13.2 Å². The fourth-order valence-corrected chi connectivity index (χ4v) is 1.75. The highest BCUT2D eigenvalue weighted by atomic mass is 35.5. The molecule has 0 atom stereocenters. The predicted molar refractivity (Wildman–Crippen MR) is 70.8 cm³/mol. The molecule has 0 aliphatic heterocycles. The minimum atomic E-state index is -0.602. The molecular formula is C12H19ClN2O3. The molecule has 0 saturated heterocycles. The summed E-state index contributed by atoms with van der Waals surface area (Å²) >= 11 is 6.11. The van der Waals surface area contributed by atoms with Gasteiger partial charge in [-0.15, -0.1) is 0 Å². The van der Waals surface area contributed by atoms with Crippen LogP contribution < -0.4 is 10.5 Å². The summed E-state index contributed by atoms with van der Waals surface area (Å²) in [4.78, 5) is 4.04. The Morgan fingerprint density at radius 1 is 1.22 bits per heavy atom. The molecule has 102 valence electrons. The molecule has 2 N–H and O–H groups in total. The number of halogens is 1. The van der Waals surface area contributed by atoms with E-state index in [4.69, 9.17) is 31.5 Å². The van der Waals surface area contributed by atoms with Crippen molar-refractivity contribution in [3.63, 3.8) is 0 Å². The van der Waals surface area contributed by atoms with Crippen LogP contribution in [-0.2, 0) is 9.47 Å². The number of nitrogens with two attached hydrogens (primary N) is 1. The van der Waals surface area contributed by atoms with E-state index in [-0.39, 0.29) is 0 Å². The van der Waals surface area contributed by atoms with Gasteiger partial charge in [0.1, 0.15) is 5.69 Å². The highest BCUT2D eigenvalue weighted by Gasteiger charge is 2.22. The molecule has 0 aromatic carbocycles. The molecule has 0 bridgehead atoms. The second-order valence-electron chi connectivity index (χ2n) is 3.41. The van der Waals surface area contributed by atoms with E-state index in [2.05, 4.69) is 4.98 Å². The van der Waals surface area contributed by atoms with E-state index < -0.39 is 6.29 Å². The highest BCUT2D eigenvalue weighted by molar-refractivity contribution is 6.31. The van der Waals surface area contributed by atoms with Crippen molar-refractivity contribution in [1.82, 2.24) is 4.98 Å². The normalized spacial score (nSPS) is 10.9. The van der Waals surface area contributed by atoms with Crippen LogP contribution in [0.25, 0.3) is 0 Å². The van der Waals surface area contributed by atoms with Crippen LogP contribution in [0.4, 0.5) is 5.69 Å². The summed E-state index contributed by atoms with van der Waals surface area (Å²) in [6, 6.07) is 0. The zero-order valence-corrected chi connectivity index (χ0v) is 11.7. The largest absolute Gasteiger partial charge is 0.476 e. The van der Waals surface area contributed by atoms with Gasteiger partial charge in [-0.3, -0.25) is 0 Å². The lowest BCUT2D eigenvalue weighted by atomic mass is 10.2. The lowest BCUT2D eigenvalue weighted by Crippen LogP contribution is -2.13. The topological polar surface area (TPSA) is 66.6 Å². The molecule has 0 saturated carbocycles. The first kappa shape index (κ1) is 15.0. The summed E-state index contributed by atoms with van der Waals surface area (Å²) in [5.74, 6) is 0.348. The standard InChI is InChI=1S/C12H19ClN2O3/c1-4-16-11-10(14)9(8(13)7-15-11)12(17-5-2)18-6-3/h7,12H,4-6,14H2,1-3H3. The van der Waals surface area contributed by atoms with Gasteiger partial charge >= 0.3 is 0 Å². The van der Waals surface area contributed by atoms with Gasteiger partial charge in [0.05, 0.1) is 23.4 Å². The Morgan fingerprint density at radius 2 is 1.83 bits per heavy atom. The van der Waals surface area contributed by atoms with Gasteiger partial charge in [-0.05, 0) is 20.8 Å². The molecule has 1 aromatic heterocycles. The van der Waals surface area contributed by atoms with E-state index >= 15 is 0 Å². The van der Waals surface area contributed by atoms with E-state index in [1.165, 1.54) is 6.20 Å². The van der Waals surface area contributed by atoms with Crippen molar-refractivity contribution in [3.05, 3.63) is 16.8 Å². The van der Waals surface area contributed by atoms with Crippen molar-refractivity contribution >= 4 is 17.3 Å². The average Bonchev–Trinajstić information content (AvgIpc) is 2.34. The lowest BCUT2D eigenvalue weighted by Gasteiger charge is -2.21. The van der Waals surface area contributed by atoms with Crippen molar-refractivity contribution in [2.24, 2.45) is 0 Å². The van der Waals surface area contributed by atoms with Gasteiger partial charge in [-0.25, -0.2) is 4.98 Å². The average molecular weight is 275 g/mol. The predicted octanol–water partition coefficient (Wildman–Crippen LogP) is 2.79. The number of pyridine rings is 1. The minimum absolute atomic E-state index is 0.348. The molecule has 0 fully saturated rings. The third-order valence-corrected chi connectivity index (χ3v) is 2.53. The molecule has 0 aliphatic rings. The summed E-state index contributed by atoms with van der Waals surface area (Å²) in [5, 5.41) is 0.405. The first-order chi connectivity index (χ1) is 8.65. The molecule has 1 heterocycles. The Hall–Kier alpha value is -1.04. The van der Waals surface area contributed by atoms with Crippen LogP contribution in [0.1, 0.15) is 32.6 Å². The SMILES string of the molecule is CCOc1ncc(Cl)c(C(OCC)OCC)c1N. The zero-order valence-electron chi connectivity index (χ0n) is 10.9. The first-order valence-electron chi connectivity index (χ1n) is 5.95. The molecular weight excluding hydrogens is 256 g/mol. The molecule has 0 spiro atoms. The van der Waals surface area contributed by atoms with Gasteiger partial charge in [-0.2, -0.15) is 0 Å². The van der Waals surface area contributed by atoms with Crippen molar-refractivity contribution in [2.75, 3.05) is 25.6 Å². The van der Waals surface area contributed by atoms with Crippen LogP contribution in [-0.4, -0.2) is 24.8 Å². The fourth-order valence-electron chi connectivity index (χ4n) is 1.51. The van der Waals surface area contributed by atoms with Crippen LogP contribution in [0, 0.1) is 0 Å². The number of hydrogen-bond acceptors (Lipinski definition) is 5. The van der Waals surface area contributed by atoms with Gasteiger partial charge in [-0.1, -0.05) is 11.6 Å².